The van der Waals surface area contributed by atoms with Crippen molar-refractivity contribution < 1.29 is 34.1 Å². The number of unbranched alkanes of at least 4 members (excludes halogenated alkanes) is 3. The number of hydrogen-bond acceptors (Lipinski definition) is 7. The Morgan fingerprint density at radius 1 is 0.895 bits per heavy atom. The fourth-order valence-electron chi connectivity index (χ4n) is 3.52. The van der Waals surface area contributed by atoms with E-state index in [4.69, 9.17) is 19.7 Å². The van der Waals surface area contributed by atoms with Crippen LogP contribution in [-0.4, -0.2) is 72.2 Å². The molecule has 0 bridgehead atoms. The highest BCUT2D eigenvalue weighted by Gasteiger charge is 2.16. The first-order valence-electron chi connectivity index (χ1n) is 12.2. The number of pyridine rings is 1. The van der Waals surface area contributed by atoms with Gasteiger partial charge in [-0.3, -0.25) is 4.79 Å². The van der Waals surface area contributed by atoms with Gasteiger partial charge in [-0.05, 0) is 74.6 Å². The minimum absolute atomic E-state index is 0.0817. The van der Waals surface area contributed by atoms with Gasteiger partial charge in [0.1, 0.15) is 5.75 Å². The van der Waals surface area contributed by atoms with E-state index in [2.05, 4.69) is 24.0 Å². The number of carbonyl (C=O) groups excluding carboxylic acids is 1. The summed E-state index contributed by atoms with van der Waals surface area (Å²) in [5, 5.41) is 17.6. The van der Waals surface area contributed by atoms with E-state index in [9.17, 15) is 14.4 Å². The highest BCUT2D eigenvalue weighted by atomic mass is 16.5. The SMILES string of the molecule is COc1ccc2cc(C(=O)c3cccnc3OCCCCCCN(C)C)ccc2c1.O=C(O)/C=C/C(=O)O. The fraction of sp³-hybridized carbons (Fsp3) is 0.310. The van der Waals surface area contributed by atoms with Crippen molar-refractivity contribution in [2.75, 3.05) is 34.4 Å². The van der Waals surface area contributed by atoms with Crippen LogP contribution in [0.3, 0.4) is 0 Å². The van der Waals surface area contributed by atoms with Crippen molar-refractivity contribution >= 4 is 28.5 Å². The Bertz CT molecular complexity index is 1240. The summed E-state index contributed by atoms with van der Waals surface area (Å²) in [7, 11) is 5.83. The van der Waals surface area contributed by atoms with Crippen LogP contribution in [0.4, 0.5) is 0 Å². The van der Waals surface area contributed by atoms with Crippen LogP contribution in [0, 0.1) is 0 Å². The summed E-state index contributed by atoms with van der Waals surface area (Å²) < 4.78 is 11.1. The number of carboxylic acid groups (broad SMARTS) is 2. The minimum atomic E-state index is -1.26. The third kappa shape index (κ3) is 10.4. The van der Waals surface area contributed by atoms with Crippen LogP contribution in [0.25, 0.3) is 10.8 Å². The topological polar surface area (TPSA) is 126 Å². The fourth-order valence-corrected chi connectivity index (χ4v) is 3.52. The summed E-state index contributed by atoms with van der Waals surface area (Å²) in [5.41, 5.74) is 1.12. The highest BCUT2D eigenvalue weighted by molar-refractivity contribution is 6.12. The zero-order chi connectivity index (χ0) is 27.9. The van der Waals surface area contributed by atoms with Crippen LogP contribution >= 0.6 is 0 Å². The van der Waals surface area contributed by atoms with Gasteiger partial charge < -0.3 is 24.6 Å². The van der Waals surface area contributed by atoms with E-state index in [-0.39, 0.29) is 5.78 Å². The van der Waals surface area contributed by atoms with Crippen molar-refractivity contribution in [1.82, 2.24) is 9.88 Å². The number of aliphatic carboxylic acids is 2. The molecule has 0 spiro atoms. The Labute approximate surface area is 222 Å². The average molecular weight is 523 g/mol. The van der Waals surface area contributed by atoms with E-state index in [1.807, 2.05) is 36.4 Å². The molecule has 0 unspecified atom stereocenters. The quantitative estimate of drug-likeness (QED) is 0.187. The maximum Gasteiger partial charge on any atom is 0.328 e. The molecule has 9 nitrogen and oxygen atoms in total. The number of ketones is 1. The van der Waals surface area contributed by atoms with Gasteiger partial charge in [-0.2, -0.15) is 0 Å². The van der Waals surface area contributed by atoms with Gasteiger partial charge in [0.2, 0.25) is 5.88 Å². The number of carbonyl (C=O) groups is 3. The third-order valence-electron chi connectivity index (χ3n) is 5.43. The number of ether oxygens (including phenoxy) is 2. The van der Waals surface area contributed by atoms with Crippen molar-refractivity contribution in [1.29, 1.82) is 0 Å². The monoisotopic (exact) mass is 522 g/mol. The van der Waals surface area contributed by atoms with Crippen LogP contribution in [0.2, 0.25) is 0 Å². The molecular formula is C29H34N2O7. The maximum atomic E-state index is 13.1. The van der Waals surface area contributed by atoms with Gasteiger partial charge in [0.15, 0.2) is 5.78 Å². The van der Waals surface area contributed by atoms with Crippen molar-refractivity contribution in [3.8, 4) is 11.6 Å². The van der Waals surface area contributed by atoms with Crippen LogP contribution in [0.15, 0.2) is 66.9 Å². The van der Waals surface area contributed by atoms with E-state index in [0.29, 0.717) is 35.8 Å². The van der Waals surface area contributed by atoms with Crippen molar-refractivity contribution in [2.45, 2.75) is 25.7 Å². The van der Waals surface area contributed by atoms with E-state index in [1.54, 1.807) is 25.4 Å². The molecule has 0 saturated heterocycles. The number of carboxylic acids is 2. The molecule has 9 heteroatoms. The summed E-state index contributed by atoms with van der Waals surface area (Å²) in [6, 6.07) is 15.0. The molecule has 38 heavy (non-hydrogen) atoms. The molecule has 2 aromatic carbocycles. The Balaban J connectivity index is 0.000000550. The molecule has 0 aliphatic heterocycles. The molecule has 0 amide bonds. The second-order valence-corrected chi connectivity index (χ2v) is 8.69. The lowest BCUT2D eigenvalue weighted by molar-refractivity contribution is -0.134. The number of nitrogens with zero attached hydrogens (tertiary/aromatic N) is 2. The molecule has 3 aromatic rings. The maximum absolute atomic E-state index is 13.1. The van der Waals surface area contributed by atoms with E-state index in [0.717, 1.165) is 35.9 Å². The summed E-state index contributed by atoms with van der Waals surface area (Å²) in [6.07, 6.45) is 7.21. The molecule has 0 aliphatic rings. The predicted molar refractivity (Wildman–Crippen MR) is 145 cm³/mol. The number of methoxy groups -OCH3 is 1. The Morgan fingerprint density at radius 3 is 2.21 bits per heavy atom. The lowest BCUT2D eigenvalue weighted by Gasteiger charge is -2.11. The van der Waals surface area contributed by atoms with E-state index in [1.165, 1.54) is 12.8 Å². The number of benzene rings is 2. The molecular weight excluding hydrogens is 488 g/mol. The molecule has 202 valence electrons. The van der Waals surface area contributed by atoms with Crippen LogP contribution in [0.5, 0.6) is 11.6 Å². The molecule has 1 aromatic heterocycles. The van der Waals surface area contributed by atoms with Crippen LogP contribution in [-0.2, 0) is 9.59 Å². The molecule has 3 rings (SSSR count). The third-order valence-corrected chi connectivity index (χ3v) is 5.43. The molecule has 0 fully saturated rings. The zero-order valence-corrected chi connectivity index (χ0v) is 21.9. The van der Waals surface area contributed by atoms with Crippen LogP contribution in [0.1, 0.15) is 41.6 Å². The van der Waals surface area contributed by atoms with Crippen molar-refractivity contribution in [3.63, 3.8) is 0 Å². The van der Waals surface area contributed by atoms with Crippen LogP contribution < -0.4 is 9.47 Å². The first-order valence-corrected chi connectivity index (χ1v) is 12.2. The second-order valence-electron chi connectivity index (χ2n) is 8.69. The van der Waals surface area contributed by atoms with Gasteiger partial charge in [0.05, 0.1) is 19.3 Å². The lowest BCUT2D eigenvalue weighted by Crippen LogP contribution is -2.12. The standard InChI is InChI=1S/C25H30N2O3.C4H4O4/c1-27(2)15-6-4-5-7-16-30-25-23(9-8-14-26-25)24(28)21-11-10-20-18-22(29-3)13-12-19(20)17-21;5-3(6)1-2-4(7)8/h8-14,17-18H,4-7,15-16H2,1-3H3;1-2H,(H,5,6)(H,7,8)/b;2-1+. The Hall–Kier alpha value is -4.24. The van der Waals surface area contributed by atoms with Gasteiger partial charge in [-0.1, -0.05) is 31.0 Å². The lowest BCUT2D eigenvalue weighted by atomic mass is 10.0. The predicted octanol–water partition coefficient (Wildman–Crippen LogP) is 4.69. The Morgan fingerprint density at radius 2 is 1.55 bits per heavy atom. The summed E-state index contributed by atoms with van der Waals surface area (Å²) in [4.78, 5) is 38.7. The highest BCUT2D eigenvalue weighted by Crippen LogP contribution is 2.25. The zero-order valence-electron chi connectivity index (χ0n) is 21.9. The summed E-state index contributed by atoms with van der Waals surface area (Å²) in [5.74, 6) is -1.39. The molecule has 2 N–H and O–H groups in total. The summed E-state index contributed by atoms with van der Waals surface area (Å²) in [6.45, 7) is 1.68. The first kappa shape index (κ1) is 30.0. The minimum Gasteiger partial charge on any atom is -0.497 e. The molecule has 0 saturated carbocycles. The van der Waals surface area contributed by atoms with Crippen molar-refractivity contribution in [3.05, 3.63) is 78.0 Å². The summed E-state index contributed by atoms with van der Waals surface area (Å²) >= 11 is 0. The van der Waals surface area contributed by atoms with Gasteiger partial charge in [0.25, 0.3) is 0 Å². The smallest absolute Gasteiger partial charge is 0.328 e. The van der Waals surface area contributed by atoms with Gasteiger partial charge in [0, 0.05) is 23.9 Å². The molecule has 0 radical (unpaired) electrons. The van der Waals surface area contributed by atoms with Gasteiger partial charge >= 0.3 is 11.9 Å². The van der Waals surface area contributed by atoms with Gasteiger partial charge in [-0.15, -0.1) is 0 Å². The largest absolute Gasteiger partial charge is 0.497 e. The molecule has 0 atom stereocenters. The molecule has 1 heterocycles. The normalized spacial score (nSPS) is 10.7. The molecule has 0 aliphatic carbocycles. The average Bonchev–Trinajstić information content (AvgIpc) is 2.90. The van der Waals surface area contributed by atoms with Crippen molar-refractivity contribution in [2.24, 2.45) is 0 Å². The first-order chi connectivity index (χ1) is 18.2. The van der Waals surface area contributed by atoms with E-state index < -0.39 is 11.9 Å². The number of fused-ring (bicyclic) bond motifs is 1. The second kappa shape index (κ2) is 15.8. The van der Waals surface area contributed by atoms with Gasteiger partial charge in [-0.25, -0.2) is 14.6 Å². The number of hydrogen-bond donors (Lipinski definition) is 2. The number of aromatic nitrogens is 1. The van der Waals surface area contributed by atoms with E-state index >= 15 is 0 Å². The number of rotatable bonds is 13. The Kier molecular flexibility index (Phi) is 12.5.